The quantitative estimate of drug-likeness (QED) is 0.628. The van der Waals surface area contributed by atoms with E-state index >= 15 is 0 Å². The zero-order chi connectivity index (χ0) is 18.4. The van der Waals surface area contributed by atoms with Gasteiger partial charge in [0.15, 0.2) is 0 Å². The predicted molar refractivity (Wildman–Crippen MR) is 115 cm³/mol. The highest BCUT2D eigenvalue weighted by Crippen LogP contribution is 2.36. The van der Waals surface area contributed by atoms with Gasteiger partial charge in [0.25, 0.3) is 0 Å². The second-order valence-corrected chi connectivity index (χ2v) is 6.60. The molecule has 0 fully saturated rings. The van der Waals surface area contributed by atoms with Gasteiger partial charge >= 0.3 is 0 Å². The molecule has 0 saturated carbocycles. The molecule has 134 valence electrons. The summed E-state index contributed by atoms with van der Waals surface area (Å²) in [5, 5.41) is 0. The lowest BCUT2D eigenvalue weighted by Crippen LogP contribution is -2.28. The minimum atomic E-state index is 0.808. The normalized spacial score (nSPS) is 16.3. The lowest BCUT2D eigenvalue weighted by Gasteiger charge is -2.32. The molecule has 1 aliphatic rings. The molecule has 0 amide bonds. The van der Waals surface area contributed by atoms with Crippen molar-refractivity contribution in [2.75, 3.05) is 24.5 Å². The molecule has 0 atom stereocenters. The van der Waals surface area contributed by atoms with Crippen LogP contribution in [0.5, 0.6) is 0 Å². The molecule has 1 heterocycles. The van der Waals surface area contributed by atoms with Gasteiger partial charge in [-0.2, -0.15) is 0 Å². The minimum Gasteiger partial charge on any atom is -0.371 e. The van der Waals surface area contributed by atoms with Crippen LogP contribution in [0.3, 0.4) is 0 Å². The number of hydrogen-bond acceptors (Lipinski definition) is 2. The highest BCUT2D eigenvalue weighted by molar-refractivity contribution is 5.95. The maximum Gasteiger partial charge on any atom is 0.0442 e. The first-order valence-electron chi connectivity index (χ1n) is 9.55. The van der Waals surface area contributed by atoms with Crippen LogP contribution in [-0.4, -0.2) is 25.8 Å². The highest BCUT2D eigenvalue weighted by Gasteiger charge is 2.19. The molecule has 0 aliphatic carbocycles. The molecule has 26 heavy (non-hydrogen) atoms. The number of allylic oxidation sites excluding steroid dienone is 3. The van der Waals surface area contributed by atoms with Crippen molar-refractivity contribution in [3.05, 3.63) is 77.4 Å². The Hall–Kier alpha value is -2.61. The zero-order valence-corrected chi connectivity index (χ0v) is 16.1. The smallest absolute Gasteiger partial charge is 0.0442 e. The molecule has 0 spiro atoms. The van der Waals surface area contributed by atoms with Gasteiger partial charge in [-0.15, -0.1) is 0 Å². The van der Waals surface area contributed by atoms with E-state index in [-0.39, 0.29) is 0 Å². The molecule has 0 N–H and O–H groups in total. The van der Waals surface area contributed by atoms with Crippen LogP contribution < -0.4 is 4.90 Å². The average Bonchev–Trinajstić information content (AvgIpc) is 2.68. The van der Waals surface area contributed by atoms with Crippen molar-refractivity contribution < 1.29 is 0 Å². The first-order chi connectivity index (χ1) is 12.7. The lowest BCUT2D eigenvalue weighted by molar-refractivity contribution is 0.809. The zero-order valence-electron chi connectivity index (χ0n) is 16.1. The second-order valence-electron chi connectivity index (χ2n) is 6.60. The van der Waals surface area contributed by atoms with E-state index in [9.17, 15) is 0 Å². The van der Waals surface area contributed by atoms with Crippen LogP contribution in [0, 0.1) is 6.92 Å². The Labute approximate surface area is 157 Å². The van der Waals surface area contributed by atoms with Gasteiger partial charge in [-0.25, -0.2) is 0 Å². The minimum absolute atomic E-state index is 0.808. The van der Waals surface area contributed by atoms with E-state index in [4.69, 9.17) is 0 Å². The maximum absolute atomic E-state index is 4.39. The molecule has 2 aromatic carbocycles. The third kappa shape index (κ3) is 3.96. The van der Waals surface area contributed by atoms with Crippen LogP contribution in [0.25, 0.3) is 11.1 Å². The SMILES string of the molecule is CC/N=C/C=C(/C=C1CCN(CC)c2ccccc21)c1ccccc1C. The van der Waals surface area contributed by atoms with E-state index in [1.807, 2.05) is 6.21 Å². The summed E-state index contributed by atoms with van der Waals surface area (Å²) in [4.78, 5) is 6.85. The number of para-hydroxylation sites is 1. The van der Waals surface area contributed by atoms with Crippen molar-refractivity contribution in [1.29, 1.82) is 0 Å². The molecule has 2 heteroatoms. The number of aryl methyl sites for hydroxylation is 1. The molecule has 0 aromatic heterocycles. The molecule has 0 bridgehead atoms. The Morgan fingerprint density at radius 1 is 1.08 bits per heavy atom. The number of aliphatic imine (C=N–C) groups is 1. The van der Waals surface area contributed by atoms with Crippen LogP contribution in [0.1, 0.15) is 37.0 Å². The third-order valence-corrected chi connectivity index (χ3v) is 4.95. The van der Waals surface area contributed by atoms with Crippen LogP contribution in [0.2, 0.25) is 0 Å². The van der Waals surface area contributed by atoms with Gasteiger partial charge in [0.05, 0.1) is 0 Å². The van der Waals surface area contributed by atoms with E-state index in [1.165, 1.54) is 33.5 Å². The maximum atomic E-state index is 4.39. The third-order valence-electron chi connectivity index (χ3n) is 4.95. The van der Waals surface area contributed by atoms with E-state index in [2.05, 4.69) is 91.3 Å². The van der Waals surface area contributed by atoms with E-state index < -0.39 is 0 Å². The Morgan fingerprint density at radius 3 is 2.62 bits per heavy atom. The fourth-order valence-corrected chi connectivity index (χ4v) is 3.55. The highest BCUT2D eigenvalue weighted by atomic mass is 15.1. The molecule has 0 radical (unpaired) electrons. The van der Waals surface area contributed by atoms with Crippen molar-refractivity contribution >= 4 is 23.0 Å². The van der Waals surface area contributed by atoms with Gasteiger partial charge < -0.3 is 4.90 Å². The van der Waals surface area contributed by atoms with Crippen LogP contribution >= 0.6 is 0 Å². The fourth-order valence-electron chi connectivity index (χ4n) is 3.55. The van der Waals surface area contributed by atoms with Gasteiger partial charge in [0.2, 0.25) is 0 Å². The van der Waals surface area contributed by atoms with Crippen molar-refractivity contribution in [2.45, 2.75) is 27.2 Å². The molecule has 2 aromatic rings. The predicted octanol–water partition coefficient (Wildman–Crippen LogP) is 5.78. The number of fused-ring (bicyclic) bond motifs is 1. The molecule has 0 saturated heterocycles. The summed E-state index contributed by atoms with van der Waals surface area (Å²) >= 11 is 0. The Kier molecular flexibility index (Phi) is 6.06. The molecular weight excluding hydrogens is 316 g/mol. The molecular formula is C24H28N2. The second kappa shape index (κ2) is 8.66. The standard InChI is InChI=1S/C24H28N2/c1-4-25-16-14-20(22-11-7-6-10-19(22)3)18-21-15-17-26(5-2)24-13-9-8-12-23(21)24/h6-14,16,18H,4-5,15,17H2,1-3H3/b20-14-,21-18?,25-16+. The number of rotatable bonds is 5. The van der Waals surface area contributed by atoms with Gasteiger partial charge in [0, 0.05) is 37.1 Å². The Bertz CT molecular complexity index is 843. The van der Waals surface area contributed by atoms with Gasteiger partial charge in [-0.05, 0) is 61.6 Å². The van der Waals surface area contributed by atoms with Crippen molar-refractivity contribution in [1.82, 2.24) is 0 Å². The number of anilines is 1. The first-order valence-corrected chi connectivity index (χ1v) is 9.55. The number of hydrogen-bond donors (Lipinski definition) is 0. The number of nitrogens with zero attached hydrogens (tertiary/aromatic N) is 2. The first kappa shape index (κ1) is 18.2. The van der Waals surface area contributed by atoms with E-state index in [1.54, 1.807) is 0 Å². The van der Waals surface area contributed by atoms with Crippen molar-refractivity contribution in [3.8, 4) is 0 Å². The molecule has 0 unspecified atom stereocenters. The summed E-state index contributed by atoms with van der Waals surface area (Å²) in [5.74, 6) is 0. The summed E-state index contributed by atoms with van der Waals surface area (Å²) in [7, 11) is 0. The van der Waals surface area contributed by atoms with E-state index in [0.717, 1.165) is 26.1 Å². The largest absolute Gasteiger partial charge is 0.371 e. The van der Waals surface area contributed by atoms with Gasteiger partial charge in [-0.1, -0.05) is 48.5 Å². The summed E-state index contributed by atoms with van der Waals surface area (Å²) in [6, 6.07) is 17.3. The van der Waals surface area contributed by atoms with Crippen LogP contribution in [0.15, 0.2) is 65.7 Å². The van der Waals surface area contributed by atoms with Crippen LogP contribution in [0.4, 0.5) is 5.69 Å². The van der Waals surface area contributed by atoms with Crippen molar-refractivity contribution in [3.63, 3.8) is 0 Å². The summed E-state index contributed by atoms with van der Waals surface area (Å²) in [5.41, 5.74) is 7.91. The van der Waals surface area contributed by atoms with Crippen molar-refractivity contribution in [2.24, 2.45) is 4.99 Å². The lowest BCUT2D eigenvalue weighted by atomic mass is 9.91. The molecule has 2 nitrogen and oxygen atoms in total. The molecule has 1 aliphatic heterocycles. The summed E-state index contributed by atoms with van der Waals surface area (Å²) in [6.45, 7) is 9.39. The Morgan fingerprint density at radius 2 is 1.85 bits per heavy atom. The number of benzene rings is 2. The van der Waals surface area contributed by atoms with Gasteiger partial charge in [0.1, 0.15) is 0 Å². The van der Waals surface area contributed by atoms with Gasteiger partial charge in [-0.3, -0.25) is 4.99 Å². The average molecular weight is 345 g/mol. The topological polar surface area (TPSA) is 15.6 Å². The Balaban J connectivity index is 2.07. The van der Waals surface area contributed by atoms with E-state index in [0.29, 0.717) is 0 Å². The summed E-state index contributed by atoms with van der Waals surface area (Å²) < 4.78 is 0. The van der Waals surface area contributed by atoms with Crippen LogP contribution in [-0.2, 0) is 0 Å². The fraction of sp³-hybridized carbons (Fsp3) is 0.292. The monoisotopic (exact) mass is 344 g/mol. The summed E-state index contributed by atoms with van der Waals surface area (Å²) in [6.07, 6.45) is 7.51. The molecule has 3 rings (SSSR count).